The van der Waals surface area contributed by atoms with Crippen molar-refractivity contribution in [2.75, 3.05) is 0 Å². The van der Waals surface area contributed by atoms with E-state index in [9.17, 15) is 0 Å². The Morgan fingerprint density at radius 3 is 1.08 bits per heavy atom. The van der Waals surface area contributed by atoms with Gasteiger partial charge >= 0.3 is 29.1 Å². The average Bonchev–Trinajstić information content (AvgIpc) is 1.89. The van der Waals surface area contributed by atoms with Crippen molar-refractivity contribution >= 4 is 12.3 Å². The molecule has 0 aromatic rings. The second-order valence-electron chi connectivity index (χ2n) is 0.698. The number of carboxylic acid groups (broad SMARTS) is 2. The largest absolute Gasteiger partial charge is 2.00 e. The molecular weight excluding hydrogens is 227 g/mol. The third-order valence-corrected chi connectivity index (χ3v) is 0.143. The van der Waals surface area contributed by atoms with Crippen molar-refractivity contribution in [2.45, 2.75) is 0 Å². The second kappa shape index (κ2) is 16.5. The van der Waals surface area contributed by atoms with E-state index in [0.717, 1.165) is 0 Å². The van der Waals surface area contributed by atoms with E-state index in [2.05, 4.69) is 9.78 Å². The molecule has 0 saturated heterocycles. The molecule has 0 aliphatic rings. The van der Waals surface area contributed by atoms with E-state index in [1.807, 2.05) is 0 Å². The molecule has 0 rings (SSSR count). The van der Waals surface area contributed by atoms with Crippen molar-refractivity contribution in [3.05, 3.63) is 0 Å². The van der Waals surface area contributed by atoms with E-state index >= 15 is 0 Å². The van der Waals surface area contributed by atoms with Crippen LogP contribution in [0.15, 0.2) is 0 Å². The van der Waals surface area contributed by atoms with Crippen molar-refractivity contribution in [1.29, 1.82) is 0 Å². The minimum absolute atomic E-state index is 0. The van der Waals surface area contributed by atoms with Crippen molar-refractivity contribution < 1.29 is 62.3 Å². The summed E-state index contributed by atoms with van der Waals surface area (Å²) in [4.78, 5) is 22.5. The summed E-state index contributed by atoms with van der Waals surface area (Å²) in [6.07, 6.45) is -3.60. The van der Waals surface area contributed by atoms with Crippen LogP contribution in [0.25, 0.3) is 0 Å². The molecule has 75 valence electrons. The Morgan fingerprint density at radius 2 is 1.08 bits per heavy atom. The van der Waals surface area contributed by atoms with Crippen LogP contribution in [0.5, 0.6) is 0 Å². The van der Waals surface area contributed by atoms with E-state index < -0.39 is 12.3 Å². The van der Waals surface area contributed by atoms with Gasteiger partial charge < -0.3 is 36.0 Å². The molecule has 0 atom stereocenters. The molecular formula is C2H4CoO9. The van der Waals surface area contributed by atoms with E-state index in [0.29, 0.717) is 0 Å². The maximum Gasteiger partial charge on any atom is 2.00 e. The van der Waals surface area contributed by atoms with E-state index in [1.54, 1.807) is 0 Å². The van der Waals surface area contributed by atoms with Crippen LogP contribution in [-0.2, 0) is 26.6 Å². The van der Waals surface area contributed by atoms with Gasteiger partial charge in [-0.25, -0.2) is 9.59 Å². The third-order valence-electron chi connectivity index (χ3n) is 0.143. The second-order valence-corrected chi connectivity index (χ2v) is 0.698. The standard InChI is InChI=1S/2CH2O4.Co.H2O/c2*2-1(3)5-4;;/h2*4H,(H,2,3);;1H2/q;;+2;/p-2. The van der Waals surface area contributed by atoms with Gasteiger partial charge in [0.15, 0.2) is 0 Å². The smallest absolute Gasteiger partial charge is 0.659 e. The van der Waals surface area contributed by atoms with E-state index in [1.165, 1.54) is 0 Å². The topological polar surface area (TPSA) is 171 Å². The molecule has 0 amide bonds. The molecule has 0 aromatic carbocycles. The maximum atomic E-state index is 8.83. The van der Waals surface area contributed by atoms with Crippen molar-refractivity contribution in [1.82, 2.24) is 0 Å². The molecule has 0 aliphatic carbocycles. The molecule has 4 N–H and O–H groups in total. The van der Waals surface area contributed by atoms with E-state index in [-0.39, 0.29) is 22.3 Å². The van der Waals surface area contributed by atoms with Crippen LogP contribution in [0.2, 0.25) is 0 Å². The molecule has 0 saturated carbocycles. The first kappa shape index (κ1) is 22.4. The Balaban J connectivity index is -0.0000000457. The summed E-state index contributed by atoms with van der Waals surface area (Å²) in [5.41, 5.74) is 0. The number of rotatable bonds is 0. The Kier molecular flexibility index (Phi) is 30.8. The van der Waals surface area contributed by atoms with Crippen molar-refractivity contribution in [3.8, 4) is 0 Å². The van der Waals surface area contributed by atoms with Gasteiger partial charge in [-0.15, -0.1) is 0 Å². The predicted octanol–water partition coefficient (Wildman–Crippen LogP) is -2.91. The fraction of sp³-hybridized carbons (Fsp3) is 0. The van der Waals surface area contributed by atoms with Crippen LogP contribution < -0.4 is 10.5 Å². The van der Waals surface area contributed by atoms with Gasteiger partial charge in [-0.3, -0.25) is 0 Å². The van der Waals surface area contributed by atoms with Crippen LogP contribution >= 0.6 is 0 Å². The first-order valence-corrected chi connectivity index (χ1v) is 1.60. The minimum atomic E-state index is -1.80. The van der Waals surface area contributed by atoms with Crippen LogP contribution in [0.1, 0.15) is 0 Å². The fourth-order valence-corrected chi connectivity index (χ4v) is 0. The first-order valence-electron chi connectivity index (χ1n) is 1.60. The summed E-state index contributed by atoms with van der Waals surface area (Å²) in [5, 5.41) is 31.4. The molecule has 0 bridgehead atoms. The SMILES string of the molecule is O.O=C(O)O[O-].O=C(O)O[O-].[Co+2]. The summed E-state index contributed by atoms with van der Waals surface area (Å²) < 4.78 is 0. The molecule has 0 fully saturated rings. The third kappa shape index (κ3) is 65.5. The molecule has 0 unspecified atom stereocenters. The first-order chi connectivity index (χ1) is 4.54. The maximum absolute atomic E-state index is 8.83. The summed E-state index contributed by atoms with van der Waals surface area (Å²) in [5.74, 6) is 0. The average molecular weight is 231 g/mol. The molecule has 1 radical (unpaired) electrons. The number of carbonyl (C=O) groups is 2. The van der Waals surface area contributed by atoms with Crippen LogP contribution in [0, 0.1) is 0 Å². The fourth-order valence-electron chi connectivity index (χ4n) is 0. The van der Waals surface area contributed by atoms with Crippen LogP contribution in [-0.4, -0.2) is 28.0 Å². The van der Waals surface area contributed by atoms with Gasteiger partial charge in [-0.2, -0.15) is 0 Å². The normalized spacial score (nSPS) is 5.50. The predicted molar refractivity (Wildman–Crippen MR) is 21.8 cm³/mol. The van der Waals surface area contributed by atoms with Crippen molar-refractivity contribution in [2.24, 2.45) is 0 Å². The zero-order chi connectivity index (χ0) is 8.57. The number of hydrogen-bond donors (Lipinski definition) is 2. The summed E-state index contributed by atoms with van der Waals surface area (Å²) in [6.45, 7) is 0. The van der Waals surface area contributed by atoms with Gasteiger partial charge in [0.05, 0.1) is 0 Å². The van der Waals surface area contributed by atoms with Crippen molar-refractivity contribution in [3.63, 3.8) is 0 Å². The summed E-state index contributed by atoms with van der Waals surface area (Å²) in [6, 6.07) is 0. The molecule has 0 aliphatic heterocycles. The summed E-state index contributed by atoms with van der Waals surface area (Å²) >= 11 is 0. The van der Waals surface area contributed by atoms with E-state index in [4.69, 9.17) is 30.3 Å². The molecule has 12 heavy (non-hydrogen) atoms. The Morgan fingerprint density at radius 1 is 1.00 bits per heavy atom. The Hall–Kier alpha value is -1.07. The zero-order valence-electron chi connectivity index (χ0n) is 5.18. The van der Waals surface area contributed by atoms with Gasteiger partial charge in [-0.1, -0.05) is 0 Å². The molecule has 0 spiro atoms. The zero-order valence-corrected chi connectivity index (χ0v) is 6.22. The number of hydrogen-bond acceptors (Lipinski definition) is 6. The van der Waals surface area contributed by atoms with Gasteiger partial charge in [0.2, 0.25) is 0 Å². The van der Waals surface area contributed by atoms with Gasteiger partial charge in [-0.05, 0) is 0 Å². The van der Waals surface area contributed by atoms with Crippen LogP contribution in [0.4, 0.5) is 9.59 Å². The Labute approximate surface area is 75.5 Å². The summed E-state index contributed by atoms with van der Waals surface area (Å²) in [7, 11) is 0. The van der Waals surface area contributed by atoms with Gasteiger partial charge in [0, 0.05) is 0 Å². The quantitative estimate of drug-likeness (QED) is 0.329. The molecule has 0 aromatic heterocycles. The molecule has 0 heterocycles. The van der Waals surface area contributed by atoms with Gasteiger partial charge in [0.1, 0.15) is 0 Å². The minimum Gasteiger partial charge on any atom is -0.659 e. The van der Waals surface area contributed by atoms with Gasteiger partial charge in [0.25, 0.3) is 0 Å². The monoisotopic (exact) mass is 231 g/mol. The molecule has 10 heteroatoms. The Bertz CT molecular complexity index is 97.1. The van der Waals surface area contributed by atoms with Crippen LogP contribution in [0.3, 0.4) is 0 Å². The molecule has 9 nitrogen and oxygen atoms in total.